The van der Waals surface area contributed by atoms with Crippen LogP contribution in [0.5, 0.6) is 0 Å². The van der Waals surface area contributed by atoms with Crippen LogP contribution in [-0.2, 0) is 20.7 Å². The van der Waals surface area contributed by atoms with Gasteiger partial charge in [-0.15, -0.1) is 5.10 Å². The summed E-state index contributed by atoms with van der Waals surface area (Å²) in [5, 5.41) is 5.01. The van der Waals surface area contributed by atoms with Crippen LogP contribution in [0.2, 0.25) is 0 Å². The van der Waals surface area contributed by atoms with Crippen LogP contribution in [0.4, 0.5) is 0 Å². The number of amides is 1. The molecular weight excluding hydrogens is 318 g/mol. The number of rotatable bonds is 6. The molecule has 23 heavy (non-hydrogen) atoms. The first-order valence-electron chi connectivity index (χ1n) is 7.09. The number of ether oxygens (including phenoxy) is 1. The van der Waals surface area contributed by atoms with Gasteiger partial charge in [-0.05, 0) is 39.0 Å². The molecule has 0 radical (unpaired) electrons. The number of aryl methyl sites for hydroxylation is 2. The maximum atomic E-state index is 11.8. The van der Waals surface area contributed by atoms with Crippen molar-refractivity contribution < 1.29 is 14.3 Å². The largest absolute Gasteiger partial charge is 0.453 e. The van der Waals surface area contributed by atoms with E-state index in [2.05, 4.69) is 15.1 Å². The molecule has 0 spiro atoms. The predicted octanol–water partition coefficient (Wildman–Crippen LogP) is 0.813. The summed E-state index contributed by atoms with van der Waals surface area (Å²) in [6.45, 7) is 5.23. The van der Waals surface area contributed by atoms with E-state index in [9.17, 15) is 9.59 Å². The van der Waals surface area contributed by atoms with Gasteiger partial charge in [0.2, 0.25) is 5.16 Å². The third-order valence-electron chi connectivity index (χ3n) is 3.50. The molecule has 124 valence electrons. The number of fused-ring (bicyclic) bond motifs is 1. The molecule has 2 aromatic heterocycles. The van der Waals surface area contributed by atoms with Crippen molar-refractivity contribution in [2.75, 3.05) is 6.26 Å². The minimum atomic E-state index is -0.926. The minimum absolute atomic E-state index is 0.135. The Hall–Kier alpha value is -2.16. The maximum Gasteiger partial charge on any atom is 0.306 e. The van der Waals surface area contributed by atoms with Gasteiger partial charge in [0, 0.05) is 17.8 Å². The summed E-state index contributed by atoms with van der Waals surface area (Å²) in [5.41, 5.74) is 7.67. The molecule has 0 fully saturated rings. The number of carbonyl (C=O) groups is 2. The van der Waals surface area contributed by atoms with Gasteiger partial charge in [0.05, 0.1) is 0 Å². The maximum absolute atomic E-state index is 11.8. The quantitative estimate of drug-likeness (QED) is 0.613. The van der Waals surface area contributed by atoms with Gasteiger partial charge in [-0.2, -0.15) is 4.98 Å². The van der Waals surface area contributed by atoms with Crippen LogP contribution < -0.4 is 5.73 Å². The molecule has 2 aromatic rings. The molecule has 0 aliphatic heterocycles. The molecular formula is C14H19N5O3S. The molecule has 2 rings (SSSR count). The van der Waals surface area contributed by atoms with Gasteiger partial charge in [-0.25, -0.2) is 9.50 Å². The number of esters is 1. The Morgan fingerprint density at radius 3 is 2.65 bits per heavy atom. The van der Waals surface area contributed by atoms with Gasteiger partial charge in [-0.3, -0.25) is 9.59 Å². The molecule has 0 aromatic carbocycles. The van der Waals surface area contributed by atoms with E-state index < -0.39 is 18.0 Å². The lowest BCUT2D eigenvalue weighted by molar-refractivity contribution is -0.153. The van der Waals surface area contributed by atoms with E-state index in [0.717, 1.165) is 17.0 Å². The SMILES string of the molecule is CSc1nc2nc(C)c(CCC(=O)O[C@@H](C)C(N)=O)c(C)n2n1. The van der Waals surface area contributed by atoms with Gasteiger partial charge in [-0.1, -0.05) is 11.8 Å². The number of nitrogens with two attached hydrogens (primary N) is 1. The number of primary amides is 1. The molecule has 0 saturated heterocycles. The van der Waals surface area contributed by atoms with Crippen molar-refractivity contribution in [3.8, 4) is 0 Å². The zero-order valence-corrected chi connectivity index (χ0v) is 14.3. The van der Waals surface area contributed by atoms with Crippen molar-refractivity contribution >= 4 is 29.4 Å². The van der Waals surface area contributed by atoms with Crippen molar-refractivity contribution in [1.82, 2.24) is 19.6 Å². The van der Waals surface area contributed by atoms with Gasteiger partial charge in [0.15, 0.2) is 6.10 Å². The fourth-order valence-electron chi connectivity index (χ4n) is 2.18. The predicted molar refractivity (Wildman–Crippen MR) is 85.1 cm³/mol. The number of nitrogens with zero attached hydrogens (tertiary/aromatic N) is 4. The molecule has 1 atom stereocenters. The summed E-state index contributed by atoms with van der Waals surface area (Å²) >= 11 is 1.44. The van der Waals surface area contributed by atoms with Crippen LogP contribution in [0.1, 0.15) is 30.3 Å². The fourth-order valence-corrected chi connectivity index (χ4v) is 2.52. The van der Waals surface area contributed by atoms with Gasteiger partial charge in [0.1, 0.15) is 0 Å². The first-order valence-corrected chi connectivity index (χ1v) is 8.31. The summed E-state index contributed by atoms with van der Waals surface area (Å²) < 4.78 is 6.62. The van der Waals surface area contributed by atoms with Crippen molar-refractivity contribution in [3.63, 3.8) is 0 Å². The van der Waals surface area contributed by atoms with Crippen LogP contribution in [0.25, 0.3) is 5.78 Å². The number of hydrogen-bond donors (Lipinski definition) is 1. The summed E-state index contributed by atoms with van der Waals surface area (Å²) in [6.07, 6.45) is 1.55. The molecule has 0 bridgehead atoms. The average molecular weight is 337 g/mol. The minimum Gasteiger partial charge on any atom is -0.453 e. The Bertz CT molecular complexity index is 758. The van der Waals surface area contributed by atoms with Crippen LogP contribution >= 0.6 is 11.8 Å². The third-order valence-corrected chi connectivity index (χ3v) is 4.04. The summed E-state index contributed by atoms with van der Waals surface area (Å²) in [4.78, 5) is 31.4. The zero-order chi connectivity index (χ0) is 17.1. The summed E-state index contributed by atoms with van der Waals surface area (Å²) in [7, 11) is 0. The monoisotopic (exact) mass is 337 g/mol. The first-order chi connectivity index (χ1) is 10.8. The Morgan fingerprint density at radius 2 is 2.04 bits per heavy atom. The number of carbonyl (C=O) groups excluding carboxylic acids is 2. The van der Waals surface area contributed by atoms with Crippen LogP contribution in [-0.4, -0.2) is 43.8 Å². The molecule has 1 amide bonds. The third kappa shape index (κ3) is 3.79. The lowest BCUT2D eigenvalue weighted by Gasteiger charge is -2.12. The van der Waals surface area contributed by atoms with Crippen LogP contribution in [0.15, 0.2) is 5.16 Å². The van der Waals surface area contributed by atoms with E-state index in [0.29, 0.717) is 17.4 Å². The molecule has 0 aliphatic carbocycles. The molecule has 8 nitrogen and oxygen atoms in total. The highest BCUT2D eigenvalue weighted by atomic mass is 32.2. The molecule has 2 heterocycles. The van der Waals surface area contributed by atoms with E-state index in [1.165, 1.54) is 18.7 Å². The highest BCUT2D eigenvalue weighted by molar-refractivity contribution is 7.98. The second-order valence-corrected chi connectivity index (χ2v) is 5.88. The van der Waals surface area contributed by atoms with Crippen LogP contribution in [0.3, 0.4) is 0 Å². The second-order valence-electron chi connectivity index (χ2n) is 5.11. The van der Waals surface area contributed by atoms with Crippen molar-refractivity contribution in [1.29, 1.82) is 0 Å². The average Bonchev–Trinajstić information content (AvgIpc) is 2.90. The lowest BCUT2D eigenvalue weighted by Crippen LogP contribution is -2.30. The molecule has 2 N–H and O–H groups in total. The highest BCUT2D eigenvalue weighted by Crippen LogP contribution is 2.18. The van der Waals surface area contributed by atoms with Crippen LogP contribution in [0, 0.1) is 13.8 Å². The van der Waals surface area contributed by atoms with Crippen molar-refractivity contribution in [3.05, 3.63) is 17.0 Å². The number of aromatic nitrogens is 4. The highest BCUT2D eigenvalue weighted by Gasteiger charge is 2.17. The standard InChI is InChI=1S/C14H19N5O3S/c1-7-10(5-6-11(20)22-9(3)12(15)21)8(2)19-13(16-7)17-14(18-19)23-4/h9H,5-6H2,1-4H3,(H2,15,21)/t9-/m0/s1. The fraction of sp³-hybridized carbons (Fsp3) is 0.500. The van der Waals surface area contributed by atoms with E-state index in [1.807, 2.05) is 20.1 Å². The Morgan fingerprint density at radius 1 is 1.35 bits per heavy atom. The van der Waals surface area contributed by atoms with Gasteiger partial charge in [0.25, 0.3) is 11.7 Å². The first kappa shape index (κ1) is 17.2. The van der Waals surface area contributed by atoms with E-state index >= 15 is 0 Å². The van der Waals surface area contributed by atoms with Gasteiger partial charge >= 0.3 is 5.97 Å². The Balaban J connectivity index is 2.16. The van der Waals surface area contributed by atoms with Crippen molar-refractivity contribution in [2.45, 2.75) is 44.9 Å². The van der Waals surface area contributed by atoms with E-state index in [4.69, 9.17) is 10.5 Å². The summed E-state index contributed by atoms with van der Waals surface area (Å²) in [5.74, 6) is -0.599. The number of thioether (sulfide) groups is 1. The van der Waals surface area contributed by atoms with E-state index in [-0.39, 0.29) is 6.42 Å². The second kappa shape index (κ2) is 6.95. The van der Waals surface area contributed by atoms with E-state index in [1.54, 1.807) is 4.52 Å². The number of hydrogen-bond acceptors (Lipinski definition) is 7. The topological polar surface area (TPSA) is 112 Å². The summed E-state index contributed by atoms with van der Waals surface area (Å²) in [6, 6.07) is 0. The lowest BCUT2D eigenvalue weighted by atomic mass is 10.1. The smallest absolute Gasteiger partial charge is 0.306 e. The molecule has 0 unspecified atom stereocenters. The molecule has 0 aliphatic rings. The Kier molecular flexibility index (Phi) is 5.19. The van der Waals surface area contributed by atoms with Crippen molar-refractivity contribution in [2.24, 2.45) is 5.73 Å². The van der Waals surface area contributed by atoms with Gasteiger partial charge < -0.3 is 10.5 Å². The zero-order valence-electron chi connectivity index (χ0n) is 13.5. The molecule has 0 saturated carbocycles. The normalized spacial score (nSPS) is 12.3. The Labute approximate surface area is 137 Å². The molecule has 9 heteroatoms.